The lowest BCUT2D eigenvalue weighted by atomic mass is 10.1. The van der Waals surface area contributed by atoms with Crippen LogP contribution in [0, 0.1) is 0 Å². The summed E-state index contributed by atoms with van der Waals surface area (Å²) < 4.78 is 12.1. The van der Waals surface area contributed by atoms with Gasteiger partial charge < -0.3 is 20.9 Å². The zero-order chi connectivity index (χ0) is 21.2. The SMILES string of the molecule is CCCCN(CCCC)C(C)C(C)Oc1ccc(Oc2ccc(N)c(N)c2)cc1. The molecule has 0 aliphatic heterocycles. The van der Waals surface area contributed by atoms with Crippen molar-refractivity contribution in [2.75, 3.05) is 24.6 Å². The van der Waals surface area contributed by atoms with Gasteiger partial charge in [0.25, 0.3) is 0 Å². The fraction of sp³-hybridized carbons (Fsp3) is 0.500. The van der Waals surface area contributed by atoms with E-state index in [9.17, 15) is 0 Å². The molecule has 5 nitrogen and oxygen atoms in total. The third-order valence-electron chi connectivity index (χ3n) is 5.29. The summed E-state index contributed by atoms with van der Waals surface area (Å²) in [7, 11) is 0. The van der Waals surface area contributed by atoms with Gasteiger partial charge in [-0.25, -0.2) is 0 Å². The maximum atomic E-state index is 6.22. The molecule has 2 atom stereocenters. The van der Waals surface area contributed by atoms with Crippen LogP contribution in [-0.2, 0) is 0 Å². The van der Waals surface area contributed by atoms with Crippen molar-refractivity contribution in [3.05, 3.63) is 42.5 Å². The molecule has 2 rings (SSSR count). The third kappa shape index (κ3) is 7.17. The van der Waals surface area contributed by atoms with Gasteiger partial charge in [-0.2, -0.15) is 0 Å². The highest BCUT2D eigenvalue weighted by Crippen LogP contribution is 2.28. The van der Waals surface area contributed by atoms with E-state index in [1.54, 1.807) is 18.2 Å². The van der Waals surface area contributed by atoms with Crippen LogP contribution in [0.1, 0.15) is 53.4 Å². The Morgan fingerprint density at radius 1 is 0.793 bits per heavy atom. The van der Waals surface area contributed by atoms with Crippen molar-refractivity contribution in [3.8, 4) is 17.2 Å². The summed E-state index contributed by atoms with van der Waals surface area (Å²) in [5.41, 5.74) is 12.7. The largest absolute Gasteiger partial charge is 0.489 e. The van der Waals surface area contributed by atoms with E-state index < -0.39 is 0 Å². The predicted molar refractivity (Wildman–Crippen MR) is 123 cm³/mol. The first-order valence-corrected chi connectivity index (χ1v) is 10.8. The van der Waals surface area contributed by atoms with Crippen molar-refractivity contribution in [2.45, 2.75) is 65.5 Å². The average Bonchev–Trinajstić information content (AvgIpc) is 2.72. The number of nitrogens with zero attached hydrogens (tertiary/aromatic N) is 1. The van der Waals surface area contributed by atoms with Gasteiger partial charge in [-0.1, -0.05) is 26.7 Å². The molecule has 4 N–H and O–H groups in total. The van der Waals surface area contributed by atoms with E-state index in [-0.39, 0.29) is 6.10 Å². The predicted octanol–water partition coefficient (Wildman–Crippen LogP) is 5.70. The van der Waals surface area contributed by atoms with Gasteiger partial charge in [-0.05, 0) is 76.2 Å². The Kier molecular flexibility index (Phi) is 9.13. The fourth-order valence-corrected chi connectivity index (χ4v) is 3.19. The van der Waals surface area contributed by atoms with Crippen molar-refractivity contribution in [2.24, 2.45) is 0 Å². The second-order valence-electron chi connectivity index (χ2n) is 7.67. The lowest BCUT2D eigenvalue weighted by molar-refractivity contribution is 0.0850. The lowest BCUT2D eigenvalue weighted by Crippen LogP contribution is -2.43. The minimum atomic E-state index is 0.104. The minimum Gasteiger partial charge on any atom is -0.489 e. The molecule has 2 unspecified atom stereocenters. The molecule has 0 fully saturated rings. The number of rotatable bonds is 12. The van der Waals surface area contributed by atoms with E-state index >= 15 is 0 Å². The number of anilines is 2. The molecule has 0 heterocycles. The zero-order valence-corrected chi connectivity index (χ0v) is 18.4. The molecular formula is C24H37N3O2. The van der Waals surface area contributed by atoms with E-state index in [0.29, 0.717) is 23.2 Å². The molecule has 0 radical (unpaired) electrons. The van der Waals surface area contributed by atoms with Crippen LogP contribution in [-0.4, -0.2) is 30.1 Å². The summed E-state index contributed by atoms with van der Waals surface area (Å²) in [5, 5.41) is 0. The Labute approximate surface area is 176 Å². The molecule has 160 valence electrons. The number of nitrogens with two attached hydrogens (primary N) is 2. The first-order valence-electron chi connectivity index (χ1n) is 10.8. The monoisotopic (exact) mass is 399 g/mol. The van der Waals surface area contributed by atoms with Gasteiger partial charge in [0.05, 0.1) is 11.4 Å². The first kappa shape index (κ1) is 22.9. The first-order chi connectivity index (χ1) is 13.9. The van der Waals surface area contributed by atoms with E-state index in [4.69, 9.17) is 20.9 Å². The molecule has 2 aromatic carbocycles. The molecule has 2 aromatic rings. The highest BCUT2D eigenvalue weighted by molar-refractivity contribution is 5.65. The molecular weight excluding hydrogens is 362 g/mol. The van der Waals surface area contributed by atoms with Crippen LogP contribution in [0.5, 0.6) is 17.2 Å². The van der Waals surface area contributed by atoms with Crippen LogP contribution in [0.4, 0.5) is 11.4 Å². The van der Waals surface area contributed by atoms with E-state index in [0.717, 1.165) is 24.6 Å². The Bertz CT molecular complexity index is 725. The molecule has 0 saturated heterocycles. The molecule has 0 aliphatic carbocycles. The smallest absolute Gasteiger partial charge is 0.129 e. The summed E-state index contributed by atoms with van der Waals surface area (Å²) in [6, 6.07) is 13.3. The number of benzene rings is 2. The Morgan fingerprint density at radius 2 is 1.34 bits per heavy atom. The highest BCUT2D eigenvalue weighted by Gasteiger charge is 2.21. The highest BCUT2D eigenvalue weighted by atomic mass is 16.5. The van der Waals surface area contributed by atoms with E-state index in [1.165, 1.54) is 25.7 Å². The Balaban J connectivity index is 1.95. The summed E-state index contributed by atoms with van der Waals surface area (Å²) in [6.07, 6.45) is 4.98. The number of ether oxygens (including phenoxy) is 2. The van der Waals surface area contributed by atoms with Gasteiger partial charge in [0.2, 0.25) is 0 Å². The van der Waals surface area contributed by atoms with Crippen LogP contribution in [0.15, 0.2) is 42.5 Å². The van der Waals surface area contributed by atoms with Crippen molar-refractivity contribution in [3.63, 3.8) is 0 Å². The van der Waals surface area contributed by atoms with E-state index in [1.807, 2.05) is 24.3 Å². The molecule has 0 spiro atoms. The minimum absolute atomic E-state index is 0.104. The van der Waals surface area contributed by atoms with Crippen LogP contribution in [0.2, 0.25) is 0 Å². The van der Waals surface area contributed by atoms with Gasteiger partial charge >= 0.3 is 0 Å². The number of unbranched alkanes of at least 4 members (excludes halogenated alkanes) is 2. The molecule has 0 aromatic heterocycles. The standard InChI is InChI=1S/C24H37N3O2/c1-5-7-15-27(16-8-6-2)18(3)19(4)28-20-9-11-21(12-10-20)29-22-13-14-23(25)24(26)17-22/h9-14,17-19H,5-8,15-16,25-26H2,1-4H3. The summed E-state index contributed by atoms with van der Waals surface area (Å²) in [4.78, 5) is 2.56. The van der Waals surface area contributed by atoms with Crippen molar-refractivity contribution >= 4 is 11.4 Å². The van der Waals surface area contributed by atoms with Gasteiger partial charge in [-0.15, -0.1) is 0 Å². The topological polar surface area (TPSA) is 73.7 Å². The van der Waals surface area contributed by atoms with Gasteiger partial charge in [-0.3, -0.25) is 4.90 Å². The molecule has 0 bridgehead atoms. The Hall–Kier alpha value is -2.40. The van der Waals surface area contributed by atoms with Crippen LogP contribution in [0.25, 0.3) is 0 Å². The molecule has 5 heteroatoms. The normalized spacial score (nSPS) is 13.3. The third-order valence-corrected chi connectivity index (χ3v) is 5.29. The van der Waals surface area contributed by atoms with Crippen molar-refractivity contribution in [1.29, 1.82) is 0 Å². The lowest BCUT2D eigenvalue weighted by Gasteiger charge is -2.33. The fourth-order valence-electron chi connectivity index (χ4n) is 3.19. The number of hydrogen-bond acceptors (Lipinski definition) is 5. The maximum absolute atomic E-state index is 6.22. The number of hydrogen-bond donors (Lipinski definition) is 2. The molecule has 0 saturated carbocycles. The number of nitrogen functional groups attached to an aromatic ring is 2. The summed E-state index contributed by atoms with van der Waals surface area (Å²) in [5.74, 6) is 2.24. The maximum Gasteiger partial charge on any atom is 0.129 e. The van der Waals surface area contributed by atoms with Gasteiger partial charge in [0.1, 0.15) is 23.4 Å². The Morgan fingerprint density at radius 3 is 1.90 bits per heavy atom. The second-order valence-corrected chi connectivity index (χ2v) is 7.67. The van der Waals surface area contributed by atoms with Gasteiger partial charge in [0, 0.05) is 12.1 Å². The van der Waals surface area contributed by atoms with Crippen molar-refractivity contribution < 1.29 is 9.47 Å². The molecule has 0 amide bonds. The quantitative estimate of drug-likeness (QED) is 0.448. The summed E-state index contributed by atoms with van der Waals surface area (Å²) in [6.45, 7) is 11.2. The van der Waals surface area contributed by atoms with E-state index in [2.05, 4.69) is 32.6 Å². The van der Waals surface area contributed by atoms with Crippen LogP contribution < -0.4 is 20.9 Å². The van der Waals surface area contributed by atoms with Crippen LogP contribution in [0.3, 0.4) is 0 Å². The van der Waals surface area contributed by atoms with Gasteiger partial charge in [0.15, 0.2) is 0 Å². The average molecular weight is 400 g/mol. The summed E-state index contributed by atoms with van der Waals surface area (Å²) >= 11 is 0. The van der Waals surface area contributed by atoms with Crippen molar-refractivity contribution in [1.82, 2.24) is 4.90 Å². The molecule has 0 aliphatic rings. The van der Waals surface area contributed by atoms with Crippen LogP contribution >= 0.6 is 0 Å². The zero-order valence-electron chi connectivity index (χ0n) is 18.4. The molecule has 29 heavy (non-hydrogen) atoms. The second kappa shape index (κ2) is 11.6.